The molecular formula is C19H21NO3. The van der Waals surface area contributed by atoms with Crippen molar-refractivity contribution in [1.82, 2.24) is 5.32 Å². The van der Waals surface area contributed by atoms with Crippen LogP contribution in [0.2, 0.25) is 0 Å². The molecule has 0 aliphatic carbocycles. The van der Waals surface area contributed by atoms with E-state index in [0.29, 0.717) is 12.2 Å². The largest absolute Gasteiger partial charge is 0.492 e. The van der Waals surface area contributed by atoms with E-state index in [2.05, 4.69) is 5.32 Å². The average Bonchev–Trinajstić information content (AvgIpc) is 2.56. The van der Waals surface area contributed by atoms with Gasteiger partial charge in [-0.25, -0.2) is 4.79 Å². The van der Waals surface area contributed by atoms with Gasteiger partial charge in [0.1, 0.15) is 12.4 Å². The Balaban J connectivity index is 1.71. The summed E-state index contributed by atoms with van der Waals surface area (Å²) in [4.78, 5) is 10.8. The lowest BCUT2D eigenvalue weighted by Gasteiger charge is -2.08. The van der Waals surface area contributed by atoms with Crippen molar-refractivity contribution in [1.29, 1.82) is 0 Å². The molecule has 0 heterocycles. The molecule has 0 atom stereocenters. The lowest BCUT2D eigenvalue weighted by molar-refractivity contribution is 0.0697. The number of para-hydroxylation sites is 1. The number of carboxylic acids is 1. The van der Waals surface area contributed by atoms with Crippen molar-refractivity contribution in [2.75, 3.05) is 19.7 Å². The monoisotopic (exact) mass is 311 g/mol. The van der Waals surface area contributed by atoms with Crippen LogP contribution in [0.4, 0.5) is 0 Å². The molecule has 0 amide bonds. The first-order valence-corrected chi connectivity index (χ1v) is 7.54. The molecule has 0 aliphatic rings. The Morgan fingerprint density at radius 2 is 1.83 bits per heavy atom. The van der Waals surface area contributed by atoms with Gasteiger partial charge in [0.15, 0.2) is 0 Å². The maximum Gasteiger partial charge on any atom is 0.335 e. The summed E-state index contributed by atoms with van der Waals surface area (Å²) in [6.45, 7) is 4.18. The molecule has 4 nitrogen and oxygen atoms in total. The van der Waals surface area contributed by atoms with E-state index >= 15 is 0 Å². The van der Waals surface area contributed by atoms with Gasteiger partial charge >= 0.3 is 5.97 Å². The molecule has 0 fully saturated rings. The van der Waals surface area contributed by atoms with Gasteiger partial charge in [-0.2, -0.15) is 0 Å². The fourth-order valence-electron chi connectivity index (χ4n) is 2.10. The van der Waals surface area contributed by atoms with E-state index < -0.39 is 5.97 Å². The van der Waals surface area contributed by atoms with Crippen LogP contribution >= 0.6 is 0 Å². The molecule has 0 aromatic heterocycles. The Morgan fingerprint density at radius 1 is 1.13 bits per heavy atom. The number of nitrogens with one attached hydrogen (secondary N) is 1. The first kappa shape index (κ1) is 16.8. The normalized spacial score (nSPS) is 11.3. The molecule has 0 aliphatic heterocycles. The van der Waals surface area contributed by atoms with Crippen LogP contribution in [-0.2, 0) is 0 Å². The van der Waals surface area contributed by atoms with Gasteiger partial charge in [0, 0.05) is 13.1 Å². The van der Waals surface area contributed by atoms with Crippen LogP contribution in [0, 0.1) is 0 Å². The molecule has 2 N–H and O–H groups in total. The zero-order valence-corrected chi connectivity index (χ0v) is 13.2. The van der Waals surface area contributed by atoms with Gasteiger partial charge in [0.2, 0.25) is 0 Å². The van der Waals surface area contributed by atoms with E-state index in [4.69, 9.17) is 9.84 Å². The number of rotatable bonds is 8. The molecule has 0 saturated carbocycles. The molecule has 0 bridgehead atoms. The maximum atomic E-state index is 10.8. The van der Waals surface area contributed by atoms with Crippen molar-refractivity contribution in [3.05, 3.63) is 71.3 Å². The number of carboxylic acid groups (broad SMARTS) is 1. The maximum absolute atomic E-state index is 10.8. The number of hydrogen-bond donors (Lipinski definition) is 2. The minimum absolute atomic E-state index is 0.302. The summed E-state index contributed by atoms with van der Waals surface area (Å²) in [7, 11) is 0. The highest BCUT2D eigenvalue weighted by Gasteiger charge is 2.00. The summed E-state index contributed by atoms with van der Waals surface area (Å²) < 4.78 is 5.60. The van der Waals surface area contributed by atoms with Crippen molar-refractivity contribution in [3.8, 4) is 5.75 Å². The SMILES string of the molecule is C/C(=C/c1ccc(C(=O)O)cc1)CNCCOc1ccccc1. The van der Waals surface area contributed by atoms with Gasteiger partial charge in [0.05, 0.1) is 5.56 Å². The molecule has 23 heavy (non-hydrogen) atoms. The van der Waals surface area contributed by atoms with Gasteiger partial charge in [-0.15, -0.1) is 0 Å². The van der Waals surface area contributed by atoms with Crippen molar-refractivity contribution < 1.29 is 14.6 Å². The van der Waals surface area contributed by atoms with E-state index in [-0.39, 0.29) is 0 Å². The highest BCUT2D eigenvalue weighted by atomic mass is 16.5. The molecule has 2 rings (SSSR count). The summed E-state index contributed by atoms with van der Waals surface area (Å²) in [6.07, 6.45) is 2.04. The van der Waals surface area contributed by atoms with Gasteiger partial charge < -0.3 is 15.2 Å². The zero-order valence-electron chi connectivity index (χ0n) is 13.2. The predicted molar refractivity (Wildman–Crippen MR) is 91.9 cm³/mol. The van der Waals surface area contributed by atoms with Crippen LogP contribution in [0.25, 0.3) is 6.08 Å². The van der Waals surface area contributed by atoms with Crippen molar-refractivity contribution in [3.63, 3.8) is 0 Å². The highest BCUT2D eigenvalue weighted by molar-refractivity contribution is 5.87. The molecule has 0 unspecified atom stereocenters. The van der Waals surface area contributed by atoms with Gasteiger partial charge in [-0.1, -0.05) is 42.0 Å². The van der Waals surface area contributed by atoms with Crippen LogP contribution in [0.3, 0.4) is 0 Å². The fourth-order valence-corrected chi connectivity index (χ4v) is 2.10. The molecule has 2 aromatic carbocycles. The smallest absolute Gasteiger partial charge is 0.335 e. The summed E-state index contributed by atoms with van der Waals surface area (Å²) in [6, 6.07) is 16.6. The Labute approximate surface area is 136 Å². The summed E-state index contributed by atoms with van der Waals surface area (Å²) in [5, 5.41) is 12.2. The van der Waals surface area contributed by atoms with E-state index in [1.54, 1.807) is 12.1 Å². The molecule has 120 valence electrons. The molecule has 4 heteroatoms. The third-order valence-electron chi connectivity index (χ3n) is 3.27. The molecular weight excluding hydrogens is 290 g/mol. The number of ether oxygens (including phenoxy) is 1. The quantitative estimate of drug-likeness (QED) is 0.733. The van der Waals surface area contributed by atoms with Crippen LogP contribution in [0.5, 0.6) is 5.75 Å². The standard InChI is InChI=1S/C19H21NO3/c1-15(13-16-7-9-17(10-8-16)19(21)22)14-20-11-12-23-18-5-3-2-4-6-18/h2-10,13,20H,11-12,14H2,1H3,(H,21,22)/b15-13-. The Morgan fingerprint density at radius 3 is 2.48 bits per heavy atom. The Kier molecular flexibility index (Phi) is 6.39. The lowest BCUT2D eigenvalue weighted by atomic mass is 10.1. The van der Waals surface area contributed by atoms with Crippen LogP contribution in [0.15, 0.2) is 60.2 Å². The average molecular weight is 311 g/mol. The van der Waals surface area contributed by atoms with Gasteiger partial charge in [-0.05, 0) is 36.8 Å². The predicted octanol–water partition coefficient (Wildman–Crippen LogP) is 3.46. The summed E-state index contributed by atoms with van der Waals surface area (Å²) in [5.74, 6) is -0.0302. The minimum atomic E-state index is -0.905. The molecule has 0 saturated heterocycles. The van der Waals surface area contributed by atoms with Crippen molar-refractivity contribution >= 4 is 12.0 Å². The Bertz CT molecular complexity index is 648. The minimum Gasteiger partial charge on any atom is -0.492 e. The molecule has 0 spiro atoms. The molecule has 0 radical (unpaired) electrons. The van der Waals surface area contributed by atoms with Crippen LogP contribution in [-0.4, -0.2) is 30.8 Å². The van der Waals surface area contributed by atoms with Gasteiger partial charge in [-0.3, -0.25) is 0 Å². The zero-order chi connectivity index (χ0) is 16.5. The second-order valence-electron chi connectivity index (χ2n) is 5.26. The second-order valence-corrected chi connectivity index (χ2v) is 5.26. The van der Waals surface area contributed by atoms with Crippen molar-refractivity contribution in [2.24, 2.45) is 0 Å². The second kappa shape index (κ2) is 8.76. The van der Waals surface area contributed by atoms with E-state index in [0.717, 1.165) is 24.4 Å². The van der Waals surface area contributed by atoms with E-state index in [9.17, 15) is 4.79 Å². The number of benzene rings is 2. The van der Waals surface area contributed by atoms with Crippen molar-refractivity contribution in [2.45, 2.75) is 6.92 Å². The number of carbonyl (C=O) groups is 1. The third kappa shape index (κ3) is 5.96. The number of aromatic carboxylic acids is 1. The highest BCUT2D eigenvalue weighted by Crippen LogP contribution is 2.09. The first-order chi connectivity index (χ1) is 11.1. The first-order valence-electron chi connectivity index (χ1n) is 7.54. The fraction of sp³-hybridized carbons (Fsp3) is 0.211. The van der Waals surface area contributed by atoms with E-state index in [1.165, 1.54) is 5.57 Å². The van der Waals surface area contributed by atoms with Crippen LogP contribution < -0.4 is 10.1 Å². The van der Waals surface area contributed by atoms with E-state index in [1.807, 2.05) is 55.5 Å². The summed E-state index contributed by atoms with van der Waals surface area (Å²) in [5.41, 5.74) is 2.47. The molecule has 2 aromatic rings. The Hall–Kier alpha value is -2.59. The summed E-state index contributed by atoms with van der Waals surface area (Å²) >= 11 is 0. The number of hydrogen-bond acceptors (Lipinski definition) is 3. The lowest BCUT2D eigenvalue weighted by Crippen LogP contribution is -2.22. The topological polar surface area (TPSA) is 58.6 Å². The van der Waals surface area contributed by atoms with Crippen LogP contribution in [0.1, 0.15) is 22.8 Å². The van der Waals surface area contributed by atoms with Gasteiger partial charge in [0.25, 0.3) is 0 Å². The third-order valence-corrected chi connectivity index (χ3v) is 3.27.